The minimum atomic E-state index is 0.872. The van der Waals surface area contributed by atoms with E-state index in [1.807, 2.05) is 36.4 Å². The lowest BCUT2D eigenvalue weighted by molar-refractivity contribution is 0.766. The third-order valence-electron chi connectivity index (χ3n) is 8.28. The normalized spacial score (nSPS) is 12.3. The zero-order valence-corrected chi connectivity index (χ0v) is 27.8. The van der Waals surface area contributed by atoms with Gasteiger partial charge in [-0.3, -0.25) is 0 Å². The highest BCUT2D eigenvalue weighted by Gasteiger charge is 2.14. The number of fused-ring (bicyclic) bond motifs is 1. The van der Waals surface area contributed by atoms with Gasteiger partial charge in [0.1, 0.15) is 11.0 Å². The predicted octanol–water partition coefficient (Wildman–Crippen LogP) is 11.8. The Morgan fingerprint density at radius 3 is 1.94 bits per heavy atom. The van der Waals surface area contributed by atoms with Crippen molar-refractivity contribution in [2.75, 3.05) is 4.90 Å². The lowest BCUT2D eigenvalue weighted by Gasteiger charge is -2.26. The summed E-state index contributed by atoms with van der Waals surface area (Å²) in [6.45, 7) is 14.9. The molecule has 48 heavy (non-hydrogen) atoms. The van der Waals surface area contributed by atoms with Crippen LogP contribution in [0.1, 0.15) is 37.0 Å². The van der Waals surface area contributed by atoms with Gasteiger partial charge in [0.15, 0.2) is 0 Å². The van der Waals surface area contributed by atoms with Crippen LogP contribution in [0.3, 0.4) is 0 Å². The van der Waals surface area contributed by atoms with E-state index in [2.05, 4.69) is 164 Å². The van der Waals surface area contributed by atoms with E-state index in [1.165, 1.54) is 5.56 Å². The van der Waals surface area contributed by atoms with Crippen LogP contribution in [0.4, 0.5) is 17.1 Å². The van der Waals surface area contributed by atoms with Crippen molar-refractivity contribution in [1.82, 2.24) is 15.0 Å². The number of rotatable bonds is 11. The zero-order valence-electron chi connectivity index (χ0n) is 27.8. The second-order valence-corrected chi connectivity index (χ2v) is 11.8. The van der Waals surface area contributed by atoms with Gasteiger partial charge in [-0.2, -0.15) is 4.80 Å². The van der Waals surface area contributed by atoms with Crippen LogP contribution >= 0.6 is 0 Å². The molecule has 0 aliphatic heterocycles. The van der Waals surface area contributed by atoms with Crippen molar-refractivity contribution in [3.05, 3.63) is 193 Å². The molecule has 236 valence electrons. The first-order chi connectivity index (χ1) is 23.4. The van der Waals surface area contributed by atoms with Crippen LogP contribution in [0.15, 0.2) is 176 Å². The Balaban J connectivity index is 1.33. The van der Waals surface area contributed by atoms with Crippen molar-refractivity contribution >= 4 is 39.2 Å². The van der Waals surface area contributed by atoms with Gasteiger partial charge in [-0.15, -0.1) is 10.2 Å². The molecule has 0 aliphatic rings. The quantitative estimate of drug-likeness (QED) is 0.135. The summed E-state index contributed by atoms with van der Waals surface area (Å²) in [7, 11) is 0. The summed E-state index contributed by atoms with van der Waals surface area (Å²) in [6, 6.07) is 43.9. The van der Waals surface area contributed by atoms with Crippen molar-refractivity contribution < 1.29 is 0 Å². The monoisotopic (exact) mass is 624 g/mol. The van der Waals surface area contributed by atoms with Gasteiger partial charge in [-0.05, 0) is 120 Å². The van der Waals surface area contributed by atoms with E-state index in [0.717, 1.165) is 73.6 Å². The van der Waals surface area contributed by atoms with Crippen molar-refractivity contribution in [3.63, 3.8) is 0 Å². The Hall–Kier alpha value is -6.00. The number of aryl methyl sites for hydroxylation is 1. The summed E-state index contributed by atoms with van der Waals surface area (Å²) >= 11 is 0. The molecular weight excluding hydrogens is 585 g/mol. The number of anilines is 3. The highest BCUT2D eigenvalue weighted by atomic mass is 15.5. The lowest BCUT2D eigenvalue weighted by atomic mass is 9.96. The molecule has 1 aromatic heterocycles. The number of nitrogens with zero attached hydrogens (tertiary/aromatic N) is 4. The van der Waals surface area contributed by atoms with Crippen LogP contribution in [0.5, 0.6) is 0 Å². The molecule has 0 saturated carbocycles. The second-order valence-electron chi connectivity index (χ2n) is 11.8. The minimum Gasteiger partial charge on any atom is -0.310 e. The summed E-state index contributed by atoms with van der Waals surface area (Å²) < 4.78 is 0. The first kappa shape index (κ1) is 32.0. The summed E-state index contributed by atoms with van der Waals surface area (Å²) in [5.74, 6) is 0. The fourth-order valence-corrected chi connectivity index (χ4v) is 5.75. The SMILES string of the molecule is C=C/C(=C\C(=C)/C(C)=C/C(=C\CC)c1cccc(N(c2ccccc2)c2ccc(-n3nc4ccccc4n3)cc2)c1)c1cccc(C)c1. The zero-order chi connectivity index (χ0) is 33.5. The molecule has 0 amide bonds. The van der Waals surface area contributed by atoms with Gasteiger partial charge in [0.2, 0.25) is 0 Å². The van der Waals surface area contributed by atoms with Gasteiger partial charge in [-0.25, -0.2) is 0 Å². The average Bonchev–Trinajstić information content (AvgIpc) is 3.56. The lowest BCUT2D eigenvalue weighted by Crippen LogP contribution is -2.10. The summed E-state index contributed by atoms with van der Waals surface area (Å²) in [5.41, 5.74) is 13.6. The molecule has 1 heterocycles. The Kier molecular flexibility index (Phi) is 9.73. The number of allylic oxidation sites excluding steroid dienone is 8. The van der Waals surface area contributed by atoms with Gasteiger partial charge in [0, 0.05) is 17.1 Å². The van der Waals surface area contributed by atoms with Gasteiger partial charge < -0.3 is 4.90 Å². The molecule has 4 nitrogen and oxygen atoms in total. The van der Waals surface area contributed by atoms with Crippen molar-refractivity contribution in [1.29, 1.82) is 0 Å². The molecule has 0 fully saturated rings. The van der Waals surface area contributed by atoms with Gasteiger partial charge in [0.25, 0.3) is 0 Å². The highest BCUT2D eigenvalue weighted by Crippen LogP contribution is 2.36. The first-order valence-corrected chi connectivity index (χ1v) is 16.3. The molecule has 0 spiro atoms. The second kappa shape index (κ2) is 14.6. The Labute approximate surface area is 284 Å². The van der Waals surface area contributed by atoms with Crippen LogP contribution in [0.25, 0.3) is 27.9 Å². The minimum absolute atomic E-state index is 0.872. The van der Waals surface area contributed by atoms with E-state index < -0.39 is 0 Å². The van der Waals surface area contributed by atoms with Crippen molar-refractivity contribution in [2.24, 2.45) is 0 Å². The van der Waals surface area contributed by atoms with E-state index in [4.69, 9.17) is 0 Å². The summed E-state index contributed by atoms with van der Waals surface area (Å²) in [5, 5.41) is 9.33. The molecule has 4 heteroatoms. The first-order valence-electron chi connectivity index (χ1n) is 16.3. The van der Waals surface area contributed by atoms with Gasteiger partial charge in [0.05, 0.1) is 5.69 Å². The number of para-hydroxylation sites is 1. The van der Waals surface area contributed by atoms with E-state index in [0.29, 0.717) is 0 Å². The third kappa shape index (κ3) is 7.19. The molecule has 0 radical (unpaired) electrons. The smallest absolute Gasteiger partial charge is 0.113 e. The molecule has 5 aromatic carbocycles. The van der Waals surface area contributed by atoms with Crippen molar-refractivity contribution in [3.8, 4) is 5.69 Å². The van der Waals surface area contributed by atoms with Crippen LogP contribution in [0.2, 0.25) is 0 Å². The topological polar surface area (TPSA) is 34.0 Å². The van der Waals surface area contributed by atoms with E-state index in [1.54, 1.807) is 4.80 Å². The predicted molar refractivity (Wildman–Crippen MR) is 204 cm³/mol. The van der Waals surface area contributed by atoms with E-state index in [-0.39, 0.29) is 0 Å². The molecule has 6 rings (SSSR count). The highest BCUT2D eigenvalue weighted by molar-refractivity contribution is 5.83. The summed E-state index contributed by atoms with van der Waals surface area (Å²) in [6.07, 6.45) is 9.44. The van der Waals surface area contributed by atoms with Crippen LogP contribution < -0.4 is 4.90 Å². The molecule has 0 bridgehead atoms. The maximum atomic E-state index is 4.66. The van der Waals surface area contributed by atoms with E-state index >= 15 is 0 Å². The number of hydrogen-bond donors (Lipinski definition) is 0. The van der Waals surface area contributed by atoms with Crippen molar-refractivity contribution in [2.45, 2.75) is 27.2 Å². The molecule has 6 aromatic rings. The third-order valence-corrected chi connectivity index (χ3v) is 8.28. The molecule has 0 saturated heterocycles. The molecule has 0 atom stereocenters. The molecule has 0 unspecified atom stereocenters. The number of benzene rings is 5. The Morgan fingerprint density at radius 2 is 1.29 bits per heavy atom. The van der Waals surface area contributed by atoms with Crippen LogP contribution in [-0.4, -0.2) is 15.0 Å². The summed E-state index contributed by atoms with van der Waals surface area (Å²) in [4.78, 5) is 3.97. The maximum absolute atomic E-state index is 4.66. The largest absolute Gasteiger partial charge is 0.310 e. The van der Waals surface area contributed by atoms with Crippen LogP contribution in [-0.2, 0) is 0 Å². The maximum Gasteiger partial charge on any atom is 0.113 e. The fraction of sp³-hybridized carbons (Fsp3) is 0.0909. The van der Waals surface area contributed by atoms with Gasteiger partial charge in [-0.1, -0.05) is 111 Å². The number of aromatic nitrogens is 3. The fourth-order valence-electron chi connectivity index (χ4n) is 5.75. The Bertz CT molecular complexity index is 2130. The Morgan fingerprint density at radius 1 is 0.688 bits per heavy atom. The number of hydrogen-bond acceptors (Lipinski definition) is 3. The van der Waals surface area contributed by atoms with E-state index in [9.17, 15) is 0 Å². The van der Waals surface area contributed by atoms with Gasteiger partial charge >= 0.3 is 0 Å². The molecule has 0 N–H and O–H groups in total. The van der Waals surface area contributed by atoms with Crippen LogP contribution in [0, 0.1) is 6.92 Å². The standard InChI is InChI=1S/C44H40N4/c1-6-15-36(30-34(5)33(4)29-35(7-2)37-17-13-16-32(3)28-37)38-18-14-21-42(31-38)47(39-19-9-8-10-20-39)40-24-26-41(27-25-40)48-45-43-22-11-12-23-44(43)46-48/h7-31H,2,4,6H2,1,3,5H3/b34-30+,35-29+,36-15+. The molecular formula is C44H40N4. The molecule has 0 aliphatic carbocycles. The average molecular weight is 625 g/mol.